The number of aromatic nitrogens is 3. The number of benzene rings is 2. The first-order valence-corrected chi connectivity index (χ1v) is 15.2. The van der Waals surface area contributed by atoms with Crippen LogP contribution in [0.1, 0.15) is 44.6 Å². The fourth-order valence-electron chi connectivity index (χ4n) is 5.03. The van der Waals surface area contributed by atoms with Crippen LogP contribution in [0.15, 0.2) is 48.5 Å². The first kappa shape index (κ1) is 32.6. The van der Waals surface area contributed by atoms with Crippen LogP contribution in [0.3, 0.4) is 0 Å². The molecule has 3 aromatic rings. The van der Waals surface area contributed by atoms with E-state index in [1.54, 1.807) is 12.0 Å². The van der Waals surface area contributed by atoms with Crippen LogP contribution < -0.4 is 20.2 Å². The number of anilines is 1. The van der Waals surface area contributed by atoms with Gasteiger partial charge in [0.15, 0.2) is 0 Å². The fraction of sp³-hybridized carbons (Fsp3) is 0.469. The largest absolute Gasteiger partial charge is 0.445 e. The molecule has 44 heavy (non-hydrogen) atoms. The van der Waals surface area contributed by atoms with Gasteiger partial charge in [-0.2, -0.15) is 4.68 Å². The van der Waals surface area contributed by atoms with E-state index in [-0.39, 0.29) is 37.8 Å². The van der Waals surface area contributed by atoms with Crippen molar-refractivity contribution in [3.63, 3.8) is 0 Å². The standard InChI is InChI=1S/C32H42N6O6/c1-3-4-9-16-34-32(41)44-20-18-38-31-26-12-7-8-13-27(26)37(23-24-10-5-6-11-25(24)30(31)35-36-38)29(40)14-17-33-28(39)15-19-43-22-21-42-2/h5-8,10-13H,3-4,9,14-23H2,1-2H3,(H2,33,34,39,41)/p+1. The molecular weight excluding hydrogens is 564 g/mol. The topological polar surface area (TPSA) is 139 Å². The summed E-state index contributed by atoms with van der Waals surface area (Å²) in [6.45, 7) is 4.94. The number of ether oxygens (including phenoxy) is 3. The molecule has 12 heteroatoms. The summed E-state index contributed by atoms with van der Waals surface area (Å²) in [5.41, 5.74) is 4.94. The number of aromatic amines is 1. The number of alkyl carbamates (subject to hydrolysis) is 1. The lowest BCUT2D eigenvalue weighted by molar-refractivity contribution is -0.744. The monoisotopic (exact) mass is 607 g/mol. The van der Waals surface area contributed by atoms with Crippen molar-refractivity contribution in [3.05, 3.63) is 54.1 Å². The highest BCUT2D eigenvalue weighted by Crippen LogP contribution is 2.39. The summed E-state index contributed by atoms with van der Waals surface area (Å²) in [7, 11) is 1.59. The Kier molecular flexibility index (Phi) is 12.7. The van der Waals surface area contributed by atoms with Crippen molar-refractivity contribution in [2.75, 3.05) is 51.5 Å². The Labute approximate surface area is 258 Å². The normalized spacial score (nSPS) is 11.9. The molecule has 0 unspecified atom stereocenters. The third-order valence-corrected chi connectivity index (χ3v) is 7.29. The number of fused-ring (bicyclic) bond motifs is 5. The third kappa shape index (κ3) is 8.87. The quantitative estimate of drug-likeness (QED) is 0.168. The van der Waals surface area contributed by atoms with Crippen molar-refractivity contribution in [2.24, 2.45) is 0 Å². The van der Waals surface area contributed by atoms with Crippen molar-refractivity contribution in [3.8, 4) is 22.5 Å². The molecule has 3 amide bonds. The molecule has 0 aliphatic carbocycles. The second-order valence-corrected chi connectivity index (χ2v) is 10.4. The Balaban J connectivity index is 1.49. The van der Waals surface area contributed by atoms with Crippen molar-refractivity contribution < 1.29 is 33.3 Å². The molecule has 2 aromatic carbocycles. The zero-order chi connectivity index (χ0) is 31.1. The predicted octanol–water partition coefficient (Wildman–Crippen LogP) is 3.35. The maximum atomic E-state index is 13.7. The highest BCUT2D eigenvalue weighted by Gasteiger charge is 2.33. The minimum absolute atomic E-state index is 0.120. The van der Waals surface area contributed by atoms with Gasteiger partial charge in [0.2, 0.25) is 17.5 Å². The van der Waals surface area contributed by atoms with E-state index in [0.717, 1.165) is 53.0 Å². The fourth-order valence-corrected chi connectivity index (χ4v) is 5.03. The number of hydrogen-bond acceptors (Lipinski definition) is 7. The van der Waals surface area contributed by atoms with Gasteiger partial charge in [-0.15, -0.1) is 0 Å². The lowest BCUT2D eigenvalue weighted by atomic mass is 9.95. The molecule has 12 nitrogen and oxygen atoms in total. The molecule has 1 aliphatic heterocycles. The van der Waals surface area contributed by atoms with E-state index in [9.17, 15) is 14.4 Å². The van der Waals surface area contributed by atoms with E-state index >= 15 is 0 Å². The number of nitrogens with one attached hydrogen (secondary N) is 3. The lowest BCUT2D eigenvalue weighted by Gasteiger charge is -2.27. The lowest BCUT2D eigenvalue weighted by Crippen LogP contribution is -2.42. The number of carbonyl (C=O) groups is 3. The van der Waals surface area contributed by atoms with Crippen LogP contribution in [0.4, 0.5) is 10.5 Å². The SMILES string of the molecule is CCCCCNC(=O)OCC[n+]1[nH]nc2c1-c1ccccc1N(C(=O)CCNC(=O)CCOCCOC)Cc1ccccc1-2. The molecule has 4 rings (SSSR count). The van der Waals surface area contributed by atoms with Gasteiger partial charge in [-0.25, -0.2) is 4.79 Å². The van der Waals surface area contributed by atoms with Crippen LogP contribution in [0, 0.1) is 0 Å². The minimum Gasteiger partial charge on any atom is -0.445 e. The Bertz CT molecular complexity index is 1390. The Hall–Kier alpha value is -4.29. The summed E-state index contributed by atoms with van der Waals surface area (Å²) in [5, 5.41) is 13.4. The molecule has 0 spiro atoms. The molecule has 236 valence electrons. The number of carbonyl (C=O) groups excluding carboxylic acids is 3. The highest BCUT2D eigenvalue weighted by atomic mass is 16.5. The van der Waals surface area contributed by atoms with Gasteiger partial charge in [-0.05, 0) is 30.2 Å². The summed E-state index contributed by atoms with van der Waals surface area (Å²) >= 11 is 0. The zero-order valence-electron chi connectivity index (χ0n) is 25.6. The number of rotatable bonds is 16. The summed E-state index contributed by atoms with van der Waals surface area (Å²) in [5.74, 6) is -0.292. The van der Waals surface area contributed by atoms with Crippen molar-refractivity contribution >= 4 is 23.6 Å². The van der Waals surface area contributed by atoms with Gasteiger partial charge in [0.1, 0.15) is 13.2 Å². The van der Waals surface area contributed by atoms with Gasteiger partial charge in [0, 0.05) is 43.7 Å². The minimum atomic E-state index is -0.447. The molecule has 0 saturated heterocycles. The molecule has 0 radical (unpaired) electrons. The van der Waals surface area contributed by atoms with Crippen LogP contribution in [0.2, 0.25) is 0 Å². The number of nitrogens with zero attached hydrogens (tertiary/aromatic N) is 3. The highest BCUT2D eigenvalue weighted by molar-refractivity contribution is 5.99. The van der Waals surface area contributed by atoms with Gasteiger partial charge in [-0.1, -0.05) is 55.3 Å². The van der Waals surface area contributed by atoms with E-state index in [1.807, 2.05) is 53.2 Å². The number of methoxy groups -OCH3 is 1. The number of para-hydroxylation sites is 1. The Morgan fingerprint density at radius 3 is 2.55 bits per heavy atom. The third-order valence-electron chi connectivity index (χ3n) is 7.29. The molecule has 0 fully saturated rings. The van der Waals surface area contributed by atoms with Crippen LogP contribution >= 0.6 is 0 Å². The predicted molar refractivity (Wildman–Crippen MR) is 165 cm³/mol. The number of amides is 3. The van der Waals surface area contributed by atoms with Gasteiger partial charge in [-0.3, -0.25) is 9.59 Å². The summed E-state index contributed by atoms with van der Waals surface area (Å²) < 4.78 is 17.6. The molecule has 1 aromatic heterocycles. The van der Waals surface area contributed by atoms with Gasteiger partial charge in [0.05, 0.1) is 37.6 Å². The van der Waals surface area contributed by atoms with Gasteiger partial charge in [0.25, 0.3) is 5.69 Å². The van der Waals surface area contributed by atoms with Crippen molar-refractivity contribution in [1.29, 1.82) is 0 Å². The summed E-state index contributed by atoms with van der Waals surface area (Å²) in [6, 6.07) is 15.6. The average Bonchev–Trinajstić information content (AvgIpc) is 3.44. The van der Waals surface area contributed by atoms with E-state index in [2.05, 4.69) is 27.9 Å². The van der Waals surface area contributed by atoms with Gasteiger partial charge < -0.3 is 29.7 Å². The molecule has 1 aliphatic rings. The van der Waals surface area contributed by atoms with Gasteiger partial charge >= 0.3 is 6.09 Å². The van der Waals surface area contributed by atoms with E-state index in [1.165, 1.54) is 0 Å². The first-order valence-electron chi connectivity index (χ1n) is 15.2. The number of unbranched alkanes of at least 4 members (excludes halogenated alkanes) is 2. The maximum absolute atomic E-state index is 13.7. The molecule has 3 N–H and O–H groups in total. The number of hydrogen-bond donors (Lipinski definition) is 3. The first-order chi connectivity index (χ1) is 21.5. The van der Waals surface area contributed by atoms with Crippen molar-refractivity contribution in [1.82, 2.24) is 20.9 Å². The molecule has 0 bridgehead atoms. The summed E-state index contributed by atoms with van der Waals surface area (Å²) in [6.07, 6.45) is 2.94. The van der Waals surface area contributed by atoms with Crippen LogP contribution in [0.25, 0.3) is 22.5 Å². The van der Waals surface area contributed by atoms with Crippen LogP contribution in [0.5, 0.6) is 0 Å². The van der Waals surface area contributed by atoms with E-state index in [0.29, 0.717) is 39.5 Å². The Morgan fingerprint density at radius 1 is 0.932 bits per heavy atom. The molecule has 0 saturated carbocycles. The average molecular weight is 608 g/mol. The van der Waals surface area contributed by atoms with Crippen LogP contribution in [-0.4, -0.2) is 74.8 Å². The van der Waals surface area contributed by atoms with E-state index < -0.39 is 6.09 Å². The maximum Gasteiger partial charge on any atom is 0.407 e. The van der Waals surface area contributed by atoms with Crippen molar-refractivity contribution in [2.45, 2.75) is 52.1 Å². The van der Waals surface area contributed by atoms with E-state index in [4.69, 9.17) is 14.2 Å². The number of H-pyrrole nitrogens is 1. The Morgan fingerprint density at radius 2 is 1.73 bits per heavy atom. The zero-order valence-corrected chi connectivity index (χ0v) is 25.6. The second kappa shape index (κ2) is 17.1. The molecule has 2 heterocycles. The summed E-state index contributed by atoms with van der Waals surface area (Å²) in [4.78, 5) is 39.9. The van der Waals surface area contributed by atoms with Crippen LogP contribution in [-0.2, 0) is 36.9 Å². The molecular formula is C32H43N6O6+. The molecule has 0 atom stereocenters. The smallest absolute Gasteiger partial charge is 0.407 e. The second-order valence-electron chi connectivity index (χ2n) is 10.4.